The molecule has 1 aromatic heterocycles. The fourth-order valence-electron chi connectivity index (χ4n) is 2.72. The predicted molar refractivity (Wildman–Crippen MR) is 105 cm³/mol. The fourth-order valence-corrected chi connectivity index (χ4v) is 2.72. The summed E-state index contributed by atoms with van der Waals surface area (Å²) in [5.74, 6) is -0.479. The fraction of sp³-hybridized carbons (Fsp3) is 0.182. The van der Waals surface area contributed by atoms with Gasteiger partial charge in [-0.2, -0.15) is 0 Å². The average Bonchev–Trinajstić information content (AvgIpc) is 2.70. The van der Waals surface area contributed by atoms with Crippen LogP contribution in [0.5, 0.6) is 0 Å². The maximum absolute atomic E-state index is 12.9. The third-order valence-electron chi connectivity index (χ3n) is 4.19. The molecule has 3 aromatic rings. The van der Waals surface area contributed by atoms with E-state index in [1.54, 1.807) is 24.4 Å². The number of benzene rings is 2. The van der Waals surface area contributed by atoms with Crippen LogP contribution < -0.4 is 10.6 Å². The van der Waals surface area contributed by atoms with E-state index in [1.165, 1.54) is 17.7 Å². The second kappa shape index (κ2) is 9.48. The second-order valence-corrected chi connectivity index (χ2v) is 6.22. The number of rotatable bonds is 8. The van der Waals surface area contributed by atoms with Crippen molar-refractivity contribution in [3.05, 3.63) is 95.6 Å². The number of anilines is 1. The van der Waals surface area contributed by atoms with Crippen LogP contribution in [0.2, 0.25) is 0 Å². The van der Waals surface area contributed by atoms with E-state index in [-0.39, 0.29) is 11.7 Å². The summed E-state index contributed by atoms with van der Waals surface area (Å²) in [5, 5.41) is 6.17. The monoisotopic (exact) mass is 363 g/mol. The van der Waals surface area contributed by atoms with Gasteiger partial charge < -0.3 is 10.6 Å². The summed E-state index contributed by atoms with van der Waals surface area (Å²) < 4.78 is 12.9. The molecule has 0 spiro atoms. The van der Waals surface area contributed by atoms with E-state index in [9.17, 15) is 9.18 Å². The van der Waals surface area contributed by atoms with E-state index in [0.717, 1.165) is 24.2 Å². The highest BCUT2D eigenvalue weighted by molar-refractivity contribution is 5.93. The van der Waals surface area contributed by atoms with Crippen LogP contribution >= 0.6 is 0 Å². The van der Waals surface area contributed by atoms with Gasteiger partial charge in [0.15, 0.2) is 0 Å². The molecule has 0 atom stereocenters. The summed E-state index contributed by atoms with van der Waals surface area (Å²) in [6, 6.07) is 20.1. The topological polar surface area (TPSA) is 54.0 Å². The Kier molecular flexibility index (Phi) is 6.52. The molecule has 0 saturated heterocycles. The molecule has 1 heterocycles. The van der Waals surface area contributed by atoms with Crippen molar-refractivity contribution < 1.29 is 9.18 Å². The van der Waals surface area contributed by atoms with Crippen molar-refractivity contribution in [3.8, 4) is 0 Å². The van der Waals surface area contributed by atoms with E-state index in [1.807, 2.05) is 24.3 Å². The van der Waals surface area contributed by atoms with Crippen LogP contribution in [0.15, 0.2) is 72.9 Å². The van der Waals surface area contributed by atoms with Gasteiger partial charge in [-0.15, -0.1) is 0 Å². The number of aromatic nitrogens is 1. The minimum Gasteiger partial charge on any atom is -0.385 e. The zero-order valence-electron chi connectivity index (χ0n) is 15.0. The lowest BCUT2D eigenvalue weighted by Gasteiger charge is -2.09. The molecule has 138 valence electrons. The number of pyridine rings is 1. The van der Waals surface area contributed by atoms with E-state index in [2.05, 4.69) is 27.8 Å². The minimum atomic E-state index is -0.261. The molecule has 3 rings (SSSR count). The maximum Gasteiger partial charge on any atom is 0.269 e. The Bertz CT molecular complexity index is 866. The molecule has 2 N–H and O–H groups in total. The van der Waals surface area contributed by atoms with Gasteiger partial charge in [-0.1, -0.05) is 42.5 Å². The summed E-state index contributed by atoms with van der Waals surface area (Å²) in [7, 11) is 0. The maximum atomic E-state index is 12.9. The van der Waals surface area contributed by atoms with Crippen LogP contribution in [0.1, 0.15) is 21.6 Å². The molecule has 1 amide bonds. The van der Waals surface area contributed by atoms with Gasteiger partial charge in [-0.05, 0) is 48.2 Å². The lowest BCUT2D eigenvalue weighted by Crippen LogP contribution is -2.26. The molecule has 0 aliphatic carbocycles. The van der Waals surface area contributed by atoms with Gasteiger partial charge in [0, 0.05) is 25.0 Å². The van der Waals surface area contributed by atoms with Gasteiger partial charge in [0.05, 0.1) is 0 Å². The van der Waals surface area contributed by atoms with Crippen molar-refractivity contribution in [3.63, 3.8) is 0 Å². The Morgan fingerprint density at radius 2 is 1.59 bits per heavy atom. The second-order valence-electron chi connectivity index (χ2n) is 6.22. The first-order chi connectivity index (χ1) is 13.2. The Morgan fingerprint density at radius 3 is 2.37 bits per heavy atom. The smallest absolute Gasteiger partial charge is 0.269 e. The number of halogens is 1. The molecule has 5 heteroatoms. The number of amides is 1. The number of nitrogens with one attached hydrogen (secondary N) is 2. The molecule has 0 unspecified atom stereocenters. The summed E-state index contributed by atoms with van der Waals surface area (Å²) in [6.07, 6.45) is 3.17. The number of nitrogens with zero attached hydrogens (tertiary/aromatic N) is 1. The largest absolute Gasteiger partial charge is 0.385 e. The molecular formula is C22H22FN3O. The third-order valence-corrected chi connectivity index (χ3v) is 4.19. The first kappa shape index (κ1) is 18.6. The van der Waals surface area contributed by atoms with E-state index in [0.29, 0.717) is 18.7 Å². The summed E-state index contributed by atoms with van der Waals surface area (Å²) in [6.45, 7) is 1.25. The normalized spacial score (nSPS) is 10.4. The van der Waals surface area contributed by atoms with Crippen molar-refractivity contribution in [1.29, 1.82) is 0 Å². The van der Waals surface area contributed by atoms with Crippen molar-refractivity contribution >= 4 is 11.6 Å². The van der Waals surface area contributed by atoms with Crippen LogP contribution in [0, 0.1) is 5.82 Å². The van der Waals surface area contributed by atoms with Crippen molar-refractivity contribution in [2.45, 2.75) is 12.8 Å². The number of carbonyl (C=O) groups excluding carboxylic acids is 1. The third kappa shape index (κ3) is 5.92. The standard InChI is InChI=1S/C22H22FN3O/c23-19-8-6-18(7-9-19)11-14-26-22(27)21-16-20(12-15-25-21)24-13-10-17-4-2-1-3-5-17/h1-9,12,15-16H,10-11,13-14H2,(H,24,25)(H,26,27). The van der Waals surface area contributed by atoms with Gasteiger partial charge in [-0.25, -0.2) is 4.39 Å². The first-order valence-electron chi connectivity index (χ1n) is 8.97. The van der Waals surface area contributed by atoms with Crippen LogP contribution in [0.25, 0.3) is 0 Å². The van der Waals surface area contributed by atoms with E-state index < -0.39 is 0 Å². The van der Waals surface area contributed by atoms with Gasteiger partial charge in [0.2, 0.25) is 0 Å². The molecule has 4 nitrogen and oxygen atoms in total. The summed E-state index contributed by atoms with van der Waals surface area (Å²) >= 11 is 0. The van der Waals surface area contributed by atoms with E-state index >= 15 is 0 Å². The van der Waals surface area contributed by atoms with Crippen LogP contribution in [-0.4, -0.2) is 24.0 Å². The summed E-state index contributed by atoms with van der Waals surface area (Å²) in [5.41, 5.74) is 3.47. The minimum absolute atomic E-state index is 0.219. The quantitative estimate of drug-likeness (QED) is 0.639. The average molecular weight is 363 g/mol. The lowest BCUT2D eigenvalue weighted by molar-refractivity contribution is 0.0949. The highest BCUT2D eigenvalue weighted by atomic mass is 19.1. The van der Waals surface area contributed by atoms with Crippen LogP contribution in [0.3, 0.4) is 0 Å². The lowest BCUT2D eigenvalue weighted by atomic mass is 10.1. The molecule has 27 heavy (non-hydrogen) atoms. The summed E-state index contributed by atoms with van der Waals surface area (Å²) in [4.78, 5) is 16.4. The Morgan fingerprint density at radius 1 is 0.889 bits per heavy atom. The van der Waals surface area contributed by atoms with Gasteiger partial charge in [0.1, 0.15) is 11.5 Å². The van der Waals surface area contributed by atoms with Gasteiger partial charge in [0.25, 0.3) is 5.91 Å². The van der Waals surface area contributed by atoms with Crippen LogP contribution in [0.4, 0.5) is 10.1 Å². The molecule has 2 aromatic carbocycles. The highest BCUT2D eigenvalue weighted by Crippen LogP contribution is 2.09. The highest BCUT2D eigenvalue weighted by Gasteiger charge is 2.07. The Balaban J connectivity index is 1.47. The van der Waals surface area contributed by atoms with Gasteiger partial charge in [-0.3, -0.25) is 9.78 Å². The first-order valence-corrected chi connectivity index (χ1v) is 8.97. The van der Waals surface area contributed by atoms with Crippen LogP contribution in [-0.2, 0) is 12.8 Å². The molecule has 0 aliphatic rings. The predicted octanol–water partition coefficient (Wildman–Crippen LogP) is 3.85. The molecular weight excluding hydrogens is 341 g/mol. The number of carbonyl (C=O) groups is 1. The molecule has 0 bridgehead atoms. The van der Waals surface area contributed by atoms with Gasteiger partial charge >= 0.3 is 0 Å². The zero-order chi connectivity index (χ0) is 18.9. The molecule has 0 fully saturated rings. The molecule has 0 saturated carbocycles. The van der Waals surface area contributed by atoms with E-state index in [4.69, 9.17) is 0 Å². The van der Waals surface area contributed by atoms with Crippen molar-refractivity contribution in [2.75, 3.05) is 18.4 Å². The zero-order valence-corrected chi connectivity index (χ0v) is 15.0. The number of hydrogen-bond acceptors (Lipinski definition) is 3. The number of hydrogen-bond donors (Lipinski definition) is 2. The SMILES string of the molecule is O=C(NCCc1ccc(F)cc1)c1cc(NCCc2ccccc2)ccn1. The Hall–Kier alpha value is -3.21. The molecule has 0 radical (unpaired) electrons. The van der Waals surface area contributed by atoms with Crippen molar-refractivity contribution in [1.82, 2.24) is 10.3 Å². The van der Waals surface area contributed by atoms with Crippen molar-refractivity contribution in [2.24, 2.45) is 0 Å². The molecule has 0 aliphatic heterocycles. The Labute approximate surface area is 158 Å².